The van der Waals surface area contributed by atoms with E-state index in [0.717, 1.165) is 17.5 Å². The molecule has 0 aliphatic heterocycles. The highest BCUT2D eigenvalue weighted by molar-refractivity contribution is 6.14. The largest absolute Gasteiger partial charge is 0.468 e. The molecule has 1 atom stereocenters. The lowest BCUT2D eigenvalue weighted by Gasteiger charge is -2.13. The van der Waals surface area contributed by atoms with E-state index >= 15 is 0 Å². The Morgan fingerprint density at radius 2 is 2.03 bits per heavy atom. The van der Waals surface area contributed by atoms with Crippen LogP contribution in [0.25, 0.3) is 11.1 Å². The summed E-state index contributed by atoms with van der Waals surface area (Å²) in [5.41, 5.74) is 3.05. The normalized spacial score (nSPS) is 15.3. The molecule has 5 nitrogen and oxygen atoms in total. The molecule has 1 amide bonds. The summed E-state index contributed by atoms with van der Waals surface area (Å²) in [7, 11) is 0. The van der Waals surface area contributed by atoms with Gasteiger partial charge < -0.3 is 14.7 Å². The highest BCUT2D eigenvalue weighted by Crippen LogP contribution is 2.30. The highest BCUT2D eigenvalue weighted by atomic mass is 16.3. The number of aromatic amines is 1. The summed E-state index contributed by atoms with van der Waals surface area (Å²) in [6, 6.07) is 11.3. The van der Waals surface area contributed by atoms with Gasteiger partial charge in [0.25, 0.3) is 5.91 Å². The maximum atomic E-state index is 13.3. The molecule has 152 valence electrons. The SMILES string of the molecule is CCc1occ(-c2ccccc2)c1C(=O)c1c[nH]c(C(=O)NCC2C=CC=CC2)c1. The number of H-pyrrole nitrogens is 1. The Kier molecular flexibility index (Phi) is 5.80. The van der Waals surface area contributed by atoms with Gasteiger partial charge in [-0.25, -0.2) is 0 Å². The van der Waals surface area contributed by atoms with Gasteiger partial charge in [-0.3, -0.25) is 9.59 Å². The van der Waals surface area contributed by atoms with E-state index in [9.17, 15) is 9.59 Å². The molecule has 4 rings (SSSR count). The van der Waals surface area contributed by atoms with Gasteiger partial charge in [-0.1, -0.05) is 61.6 Å². The van der Waals surface area contributed by atoms with Crippen LogP contribution in [0, 0.1) is 5.92 Å². The summed E-state index contributed by atoms with van der Waals surface area (Å²) in [4.78, 5) is 28.7. The number of nitrogens with one attached hydrogen (secondary N) is 2. The number of aryl methyl sites for hydroxylation is 1. The molecule has 2 N–H and O–H groups in total. The summed E-state index contributed by atoms with van der Waals surface area (Å²) in [6.07, 6.45) is 12.9. The lowest BCUT2D eigenvalue weighted by Crippen LogP contribution is -2.29. The van der Waals surface area contributed by atoms with E-state index in [2.05, 4.69) is 22.5 Å². The van der Waals surface area contributed by atoms with E-state index in [0.29, 0.717) is 41.5 Å². The smallest absolute Gasteiger partial charge is 0.267 e. The minimum atomic E-state index is -0.219. The number of aromatic nitrogens is 1. The number of carbonyl (C=O) groups is 2. The number of furan rings is 1. The standard InChI is InChI=1S/C25H24N2O3/c1-2-22-23(20(16-30-22)18-11-7-4-8-12-18)24(28)19-13-21(26-15-19)25(29)27-14-17-9-5-3-6-10-17/h3-9,11-13,15-17,26H,2,10,14H2,1H3,(H,27,29). The minimum absolute atomic E-state index is 0.157. The average molecular weight is 400 g/mol. The van der Waals surface area contributed by atoms with Crippen molar-refractivity contribution < 1.29 is 14.0 Å². The molecule has 3 aromatic rings. The number of allylic oxidation sites excluding steroid dienone is 3. The van der Waals surface area contributed by atoms with Gasteiger partial charge in [0.05, 0.1) is 11.8 Å². The molecule has 0 radical (unpaired) electrons. The molecular formula is C25H24N2O3. The van der Waals surface area contributed by atoms with Crippen LogP contribution in [0.2, 0.25) is 0 Å². The van der Waals surface area contributed by atoms with Gasteiger partial charge in [-0.2, -0.15) is 0 Å². The van der Waals surface area contributed by atoms with Gasteiger partial charge in [-0.15, -0.1) is 0 Å². The molecule has 1 aliphatic carbocycles. The van der Waals surface area contributed by atoms with Crippen molar-refractivity contribution in [3.8, 4) is 11.1 Å². The second-order valence-corrected chi connectivity index (χ2v) is 7.32. The second-order valence-electron chi connectivity index (χ2n) is 7.32. The van der Waals surface area contributed by atoms with Crippen molar-refractivity contribution in [2.24, 2.45) is 5.92 Å². The first-order valence-corrected chi connectivity index (χ1v) is 10.2. The predicted octanol–water partition coefficient (Wildman–Crippen LogP) is 4.93. The summed E-state index contributed by atoms with van der Waals surface area (Å²) in [6.45, 7) is 2.51. The Morgan fingerprint density at radius 1 is 1.20 bits per heavy atom. The molecule has 5 heteroatoms. The van der Waals surface area contributed by atoms with Gasteiger partial charge in [-0.05, 0) is 24.0 Å². The molecule has 1 aliphatic rings. The number of amides is 1. The van der Waals surface area contributed by atoms with Crippen LogP contribution in [0.5, 0.6) is 0 Å². The van der Waals surface area contributed by atoms with Crippen LogP contribution in [-0.2, 0) is 6.42 Å². The zero-order chi connectivity index (χ0) is 20.9. The Balaban J connectivity index is 1.53. The van der Waals surface area contributed by atoms with Crippen LogP contribution in [0.3, 0.4) is 0 Å². The number of hydrogen-bond acceptors (Lipinski definition) is 3. The van der Waals surface area contributed by atoms with Crippen LogP contribution >= 0.6 is 0 Å². The van der Waals surface area contributed by atoms with Crippen LogP contribution in [-0.4, -0.2) is 23.2 Å². The van der Waals surface area contributed by atoms with Crippen molar-refractivity contribution in [1.82, 2.24) is 10.3 Å². The van der Waals surface area contributed by atoms with Crippen LogP contribution in [0.4, 0.5) is 0 Å². The quantitative estimate of drug-likeness (QED) is 0.552. The summed E-state index contributed by atoms with van der Waals surface area (Å²) in [5, 5.41) is 2.93. The first-order chi connectivity index (χ1) is 14.7. The first-order valence-electron chi connectivity index (χ1n) is 10.2. The predicted molar refractivity (Wildman–Crippen MR) is 116 cm³/mol. The minimum Gasteiger partial charge on any atom is -0.468 e. The fourth-order valence-corrected chi connectivity index (χ4v) is 3.64. The lowest BCUT2D eigenvalue weighted by molar-refractivity contribution is 0.0945. The average Bonchev–Trinajstić information content (AvgIpc) is 3.46. The first kappa shape index (κ1) is 19.7. The van der Waals surface area contributed by atoms with Crippen LogP contribution in [0.1, 0.15) is 45.5 Å². The second kappa shape index (κ2) is 8.82. The molecule has 30 heavy (non-hydrogen) atoms. The molecule has 0 spiro atoms. The maximum absolute atomic E-state index is 13.3. The topological polar surface area (TPSA) is 75.1 Å². The van der Waals surface area contributed by atoms with Crippen molar-refractivity contribution in [3.63, 3.8) is 0 Å². The molecular weight excluding hydrogens is 376 g/mol. The van der Waals surface area contributed by atoms with Gasteiger partial charge in [0.15, 0.2) is 5.78 Å². The summed E-state index contributed by atoms with van der Waals surface area (Å²) in [5.74, 6) is 0.558. The third kappa shape index (κ3) is 4.06. The molecule has 0 saturated carbocycles. The summed E-state index contributed by atoms with van der Waals surface area (Å²) < 4.78 is 5.68. The fraction of sp³-hybridized carbons (Fsp3) is 0.200. The molecule has 0 saturated heterocycles. The number of benzene rings is 1. The van der Waals surface area contributed by atoms with E-state index in [-0.39, 0.29) is 11.7 Å². The van der Waals surface area contributed by atoms with Gasteiger partial charge in [0.2, 0.25) is 0 Å². The number of rotatable bonds is 7. The zero-order valence-corrected chi connectivity index (χ0v) is 16.9. The van der Waals surface area contributed by atoms with E-state index in [1.54, 1.807) is 18.5 Å². The van der Waals surface area contributed by atoms with E-state index in [4.69, 9.17) is 4.42 Å². The van der Waals surface area contributed by atoms with Gasteiger partial charge in [0, 0.05) is 30.3 Å². The summed E-state index contributed by atoms with van der Waals surface area (Å²) >= 11 is 0. The lowest BCUT2D eigenvalue weighted by atomic mass is 9.96. The fourth-order valence-electron chi connectivity index (χ4n) is 3.64. The van der Waals surface area contributed by atoms with Crippen molar-refractivity contribution in [2.45, 2.75) is 19.8 Å². The van der Waals surface area contributed by atoms with Crippen LogP contribution < -0.4 is 5.32 Å². The van der Waals surface area contributed by atoms with Gasteiger partial charge in [0.1, 0.15) is 11.5 Å². The van der Waals surface area contributed by atoms with Crippen LogP contribution in [0.15, 0.2) is 77.6 Å². The van der Waals surface area contributed by atoms with Crippen molar-refractivity contribution in [1.29, 1.82) is 0 Å². The van der Waals surface area contributed by atoms with Crippen molar-refractivity contribution in [3.05, 3.63) is 95.7 Å². The third-order valence-electron chi connectivity index (χ3n) is 5.28. The third-order valence-corrected chi connectivity index (χ3v) is 5.28. The number of carbonyl (C=O) groups excluding carboxylic acids is 2. The molecule has 1 unspecified atom stereocenters. The molecule has 0 fully saturated rings. The Hall–Kier alpha value is -3.60. The molecule has 2 heterocycles. The van der Waals surface area contributed by atoms with E-state index in [1.165, 1.54) is 0 Å². The zero-order valence-electron chi connectivity index (χ0n) is 16.9. The van der Waals surface area contributed by atoms with E-state index < -0.39 is 0 Å². The Labute approximate surface area is 175 Å². The van der Waals surface area contributed by atoms with Gasteiger partial charge >= 0.3 is 0 Å². The van der Waals surface area contributed by atoms with Crippen molar-refractivity contribution in [2.75, 3.05) is 6.54 Å². The Morgan fingerprint density at radius 3 is 2.77 bits per heavy atom. The molecule has 0 bridgehead atoms. The van der Waals surface area contributed by atoms with Crippen molar-refractivity contribution >= 4 is 11.7 Å². The van der Waals surface area contributed by atoms with E-state index in [1.807, 2.05) is 49.4 Å². The molecule has 2 aromatic heterocycles. The Bertz CT molecular complexity index is 1100. The highest BCUT2D eigenvalue weighted by Gasteiger charge is 2.24. The number of hydrogen-bond donors (Lipinski definition) is 2. The molecule has 1 aromatic carbocycles. The number of ketones is 1. The maximum Gasteiger partial charge on any atom is 0.267 e. The monoisotopic (exact) mass is 400 g/mol.